The molecule has 0 aliphatic heterocycles. The first kappa shape index (κ1) is 18.4. The normalized spacial score (nSPS) is 11.0. The van der Waals surface area contributed by atoms with E-state index in [0.29, 0.717) is 5.69 Å². The molecule has 6 nitrogen and oxygen atoms in total. The predicted molar refractivity (Wildman–Crippen MR) is 93.2 cm³/mol. The number of carbonyl (C=O) groups excluding carboxylic acids is 1. The number of ether oxygens (including phenoxy) is 1. The minimum Gasteiger partial charge on any atom is -0.444 e. The van der Waals surface area contributed by atoms with Crippen LogP contribution in [0.5, 0.6) is 0 Å². The van der Waals surface area contributed by atoms with Gasteiger partial charge in [-0.15, -0.1) is 0 Å². The number of aromatic nitrogens is 2. The van der Waals surface area contributed by atoms with E-state index in [9.17, 15) is 10.1 Å². The van der Waals surface area contributed by atoms with Gasteiger partial charge in [0.05, 0.1) is 27.0 Å². The number of amides is 1. The zero-order valence-electron chi connectivity index (χ0n) is 13.0. The zero-order chi connectivity index (χ0) is 18.1. The van der Waals surface area contributed by atoms with E-state index >= 15 is 0 Å². The van der Waals surface area contributed by atoms with Crippen LogP contribution in [-0.2, 0) is 4.74 Å². The number of rotatable bonds is 2. The van der Waals surface area contributed by atoms with Crippen LogP contribution in [0.15, 0.2) is 18.3 Å². The van der Waals surface area contributed by atoms with E-state index in [1.807, 2.05) is 6.07 Å². The van der Waals surface area contributed by atoms with E-state index in [-0.39, 0.29) is 26.4 Å². The van der Waals surface area contributed by atoms with Crippen molar-refractivity contribution in [2.24, 2.45) is 0 Å². The molecule has 0 radical (unpaired) electrons. The van der Waals surface area contributed by atoms with Gasteiger partial charge in [-0.25, -0.2) is 9.48 Å². The number of anilines is 1. The fourth-order valence-corrected chi connectivity index (χ4v) is 2.42. The lowest BCUT2D eigenvalue weighted by Gasteiger charge is -2.20. The monoisotopic (exact) mass is 386 g/mol. The molecule has 9 heteroatoms. The number of nitrogens with one attached hydrogen (secondary N) is 1. The van der Waals surface area contributed by atoms with E-state index in [1.54, 1.807) is 26.8 Å². The smallest absolute Gasteiger partial charge is 0.413 e. The van der Waals surface area contributed by atoms with Gasteiger partial charge in [-0.3, -0.25) is 5.32 Å². The molecule has 24 heavy (non-hydrogen) atoms. The Bertz CT molecular complexity index is 834. The van der Waals surface area contributed by atoms with Gasteiger partial charge in [-0.05, 0) is 32.9 Å². The zero-order valence-corrected chi connectivity index (χ0v) is 15.3. The van der Waals surface area contributed by atoms with Crippen LogP contribution in [0.4, 0.5) is 10.6 Å². The molecular weight excluding hydrogens is 375 g/mol. The van der Waals surface area contributed by atoms with Crippen LogP contribution >= 0.6 is 34.8 Å². The van der Waals surface area contributed by atoms with Crippen LogP contribution in [0, 0.1) is 11.3 Å². The third-order valence-electron chi connectivity index (χ3n) is 2.75. The van der Waals surface area contributed by atoms with Gasteiger partial charge in [-0.2, -0.15) is 10.4 Å². The van der Waals surface area contributed by atoms with Crippen molar-refractivity contribution in [1.29, 1.82) is 5.26 Å². The first-order valence-corrected chi connectivity index (χ1v) is 7.89. The molecule has 0 fully saturated rings. The van der Waals surface area contributed by atoms with Crippen LogP contribution in [0.1, 0.15) is 26.3 Å². The highest BCUT2D eigenvalue weighted by Gasteiger charge is 2.22. The van der Waals surface area contributed by atoms with E-state index in [0.717, 1.165) is 0 Å². The van der Waals surface area contributed by atoms with Gasteiger partial charge in [-0.1, -0.05) is 34.8 Å². The molecule has 0 spiro atoms. The average molecular weight is 388 g/mol. The summed E-state index contributed by atoms with van der Waals surface area (Å²) >= 11 is 18.1. The summed E-state index contributed by atoms with van der Waals surface area (Å²) in [5.41, 5.74) is -0.190. The Labute approximate surface area is 153 Å². The molecular formula is C15H13Cl3N4O2. The second-order valence-corrected chi connectivity index (χ2v) is 6.91. The van der Waals surface area contributed by atoms with Gasteiger partial charge in [0.25, 0.3) is 0 Å². The van der Waals surface area contributed by atoms with Crippen LogP contribution in [0.3, 0.4) is 0 Å². The number of hydrogen-bond donors (Lipinski definition) is 1. The summed E-state index contributed by atoms with van der Waals surface area (Å²) in [6, 6.07) is 5.06. The maximum Gasteiger partial charge on any atom is 0.413 e. The molecule has 2 rings (SSSR count). The van der Waals surface area contributed by atoms with Gasteiger partial charge in [0.1, 0.15) is 17.2 Å². The van der Waals surface area contributed by atoms with Crippen molar-refractivity contribution in [3.05, 3.63) is 39.0 Å². The molecule has 1 aromatic heterocycles. The molecule has 0 saturated carbocycles. The molecule has 126 valence electrons. The number of hydrogen-bond acceptors (Lipinski definition) is 4. The third-order valence-corrected chi connectivity index (χ3v) is 4.04. The molecule has 0 aliphatic rings. The lowest BCUT2D eigenvalue weighted by molar-refractivity contribution is 0.0635. The highest BCUT2D eigenvalue weighted by Crippen LogP contribution is 2.36. The number of benzene rings is 1. The van der Waals surface area contributed by atoms with E-state index in [2.05, 4.69) is 10.4 Å². The number of halogens is 3. The molecule has 0 bridgehead atoms. The topological polar surface area (TPSA) is 79.9 Å². The molecule has 1 amide bonds. The standard InChI is InChI=1S/C15H13Cl3N4O2/c1-15(2,3)24-14(23)21-13-8(6-19)7-20-22(13)10-5-4-9(16)11(17)12(10)18/h4-5,7H,1-3H3,(H,21,23). The predicted octanol–water partition coefficient (Wildman–Crippen LogP) is 5.05. The molecule has 1 aromatic carbocycles. The average Bonchev–Trinajstić information content (AvgIpc) is 2.85. The van der Waals surface area contributed by atoms with Crippen LogP contribution in [-0.4, -0.2) is 21.5 Å². The summed E-state index contributed by atoms with van der Waals surface area (Å²) in [5, 5.41) is 16.4. The minimum absolute atomic E-state index is 0.118. The largest absolute Gasteiger partial charge is 0.444 e. The van der Waals surface area contributed by atoms with Crippen molar-refractivity contribution < 1.29 is 9.53 Å². The van der Waals surface area contributed by atoms with Crippen LogP contribution < -0.4 is 5.32 Å². The molecule has 2 aromatic rings. The summed E-state index contributed by atoms with van der Waals surface area (Å²) in [6.07, 6.45) is 0.572. The van der Waals surface area contributed by atoms with Gasteiger partial charge >= 0.3 is 6.09 Å². The molecule has 1 heterocycles. The second-order valence-electron chi connectivity index (χ2n) is 5.75. The van der Waals surface area contributed by atoms with E-state index < -0.39 is 11.7 Å². The van der Waals surface area contributed by atoms with Crippen molar-refractivity contribution in [1.82, 2.24) is 9.78 Å². The van der Waals surface area contributed by atoms with Crippen molar-refractivity contribution in [2.45, 2.75) is 26.4 Å². The minimum atomic E-state index is -0.725. The third kappa shape index (κ3) is 3.93. The number of carbonyl (C=O) groups is 1. The summed E-state index contributed by atoms with van der Waals surface area (Å²) < 4.78 is 6.48. The van der Waals surface area contributed by atoms with Gasteiger partial charge in [0.2, 0.25) is 0 Å². The molecule has 0 saturated heterocycles. The van der Waals surface area contributed by atoms with E-state index in [4.69, 9.17) is 39.5 Å². The fraction of sp³-hybridized carbons (Fsp3) is 0.267. The molecule has 0 unspecified atom stereocenters. The molecule has 0 atom stereocenters. The first-order chi connectivity index (χ1) is 11.1. The Hall–Kier alpha value is -1.94. The van der Waals surface area contributed by atoms with E-state index in [1.165, 1.54) is 16.9 Å². The summed E-state index contributed by atoms with van der Waals surface area (Å²) in [6.45, 7) is 5.18. The lowest BCUT2D eigenvalue weighted by atomic mass is 10.2. The maximum absolute atomic E-state index is 12.0. The first-order valence-electron chi connectivity index (χ1n) is 6.76. The Morgan fingerprint density at radius 1 is 1.29 bits per heavy atom. The summed E-state index contributed by atoms with van der Waals surface area (Å²) in [7, 11) is 0. The summed E-state index contributed by atoms with van der Waals surface area (Å²) in [4.78, 5) is 12.0. The highest BCUT2D eigenvalue weighted by atomic mass is 35.5. The fourth-order valence-electron chi connectivity index (χ4n) is 1.81. The summed E-state index contributed by atoms with van der Waals surface area (Å²) in [5.74, 6) is 0.118. The van der Waals surface area contributed by atoms with Crippen molar-refractivity contribution >= 4 is 46.7 Å². The van der Waals surface area contributed by atoms with Crippen LogP contribution in [0.2, 0.25) is 15.1 Å². The Morgan fingerprint density at radius 3 is 2.54 bits per heavy atom. The lowest BCUT2D eigenvalue weighted by Crippen LogP contribution is -2.28. The number of nitrogens with zero attached hydrogens (tertiary/aromatic N) is 3. The molecule has 1 N–H and O–H groups in total. The Balaban J connectivity index is 2.47. The second kappa shape index (κ2) is 6.89. The maximum atomic E-state index is 12.0. The Kier molecular flexibility index (Phi) is 5.29. The van der Waals surface area contributed by atoms with Crippen molar-refractivity contribution in [3.8, 4) is 11.8 Å². The number of nitriles is 1. The van der Waals surface area contributed by atoms with Gasteiger partial charge in [0.15, 0.2) is 5.82 Å². The van der Waals surface area contributed by atoms with Gasteiger partial charge in [0, 0.05) is 0 Å². The Morgan fingerprint density at radius 2 is 1.96 bits per heavy atom. The van der Waals surface area contributed by atoms with Crippen LogP contribution in [0.25, 0.3) is 5.69 Å². The van der Waals surface area contributed by atoms with Gasteiger partial charge < -0.3 is 4.74 Å². The highest BCUT2D eigenvalue weighted by molar-refractivity contribution is 6.48. The van der Waals surface area contributed by atoms with Crippen molar-refractivity contribution in [3.63, 3.8) is 0 Å². The van der Waals surface area contributed by atoms with Crippen molar-refractivity contribution in [2.75, 3.05) is 5.32 Å². The SMILES string of the molecule is CC(C)(C)OC(=O)Nc1c(C#N)cnn1-c1ccc(Cl)c(Cl)c1Cl. The quantitative estimate of drug-likeness (QED) is 0.731. The molecule has 0 aliphatic carbocycles.